The molecule has 2 aromatic heterocycles. The van der Waals surface area contributed by atoms with Crippen LogP contribution in [0.25, 0.3) is 33.6 Å². The zero-order valence-electron chi connectivity index (χ0n) is 15.3. The van der Waals surface area contributed by atoms with Gasteiger partial charge in [-0.05, 0) is 24.1 Å². The summed E-state index contributed by atoms with van der Waals surface area (Å²) in [6.45, 7) is 2.65. The van der Waals surface area contributed by atoms with Crippen LogP contribution in [-0.2, 0) is 0 Å². The molecule has 0 saturated heterocycles. The number of hydrogen-bond acceptors (Lipinski definition) is 5. The summed E-state index contributed by atoms with van der Waals surface area (Å²) in [4.78, 5) is 8.69. The summed E-state index contributed by atoms with van der Waals surface area (Å²) in [5.41, 5.74) is 3.40. The Bertz CT molecular complexity index is 1040. The van der Waals surface area contributed by atoms with Crippen LogP contribution in [0.15, 0.2) is 65.3 Å². The second-order valence-electron chi connectivity index (χ2n) is 6.11. The van der Waals surface area contributed by atoms with Gasteiger partial charge in [0.05, 0.1) is 13.7 Å². The Kier molecular flexibility index (Phi) is 4.75. The van der Waals surface area contributed by atoms with E-state index in [1.165, 1.54) is 6.33 Å². The lowest BCUT2D eigenvalue weighted by molar-refractivity contribution is 0.309. The van der Waals surface area contributed by atoms with Crippen LogP contribution in [0.4, 0.5) is 0 Å². The molecule has 0 unspecified atom stereocenters. The minimum absolute atomic E-state index is 0.515. The lowest BCUT2D eigenvalue weighted by Crippen LogP contribution is -1.98. The molecule has 0 radical (unpaired) electrons. The van der Waals surface area contributed by atoms with E-state index in [1.807, 2.05) is 54.6 Å². The molecule has 0 bridgehead atoms. The predicted molar refractivity (Wildman–Crippen MR) is 105 cm³/mol. The highest BCUT2D eigenvalue weighted by molar-refractivity contribution is 6.03. The van der Waals surface area contributed by atoms with Gasteiger partial charge in [-0.2, -0.15) is 0 Å². The molecule has 2 aromatic carbocycles. The van der Waals surface area contributed by atoms with Gasteiger partial charge in [-0.15, -0.1) is 0 Å². The molecular weight excluding hydrogens is 340 g/mol. The first-order valence-corrected chi connectivity index (χ1v) is 8.92. The van der Waals surface area contributed by atoms with Crippen LogP contribution < -0.4 is 9.47 Å². The second kappa shape index (κ2) is 7.50. The van der Waals surface area contributed by atoms with Gasteiger partial charge in [0, 0.05) is 11.1 Å². The number of furan rings is 1. The van der Waals surface area contributed by atoms with Crippen molar-refractivity contribution in [1.29, 1.82) is 0 Å². The number of benzene rings is 2. The maximum atomic E-state index is 6.15. The summed E-state index contributed by atoms with van der Waals surface area (Å²) < 4.78 is 17.3. The summed E-state index contributed by atoms with van der Waals surface area (Å²) in [7, 11) is 1.65. The Balaban J connectivity index is 1.98. The molecule has 0 amide bonds. The quantitative estimate of drug-likeness (QED) is 0.464. The van der Waals surface area contributed by atoms with Gasteiger partial charge in [0.1, 0.15) is 23.2 Å². The van der Waals surface area contributed by atoms with E-state index in [0.717, 1.165) is 40.0 Å². The van der Waals surface area contributed by atoms with Gasteiger partial charge < -0.3 is 13.9 Å². The molecule has 0 fully saturated rings. The molecule has 0 spiro atoms. The van der Waals surface area contributed by atoms with Crippen molar-refractivity contribution in [3.05, 3.63) is 60.9 Å². The average molecular weight is 360 g/mol. The maximum Gasteiger partial charge on any atom is 0.234 e. The summed E-state index contributed by atoms with van der Waals surface area (Å²) in [5, 5.41) is 0.787. The van der Waals surface area contributed by atoms with E-state index < -0.39 is 0 Å². The van der Waals surface area contributed by atoms with Crippen LogP contribution in [0.2, 0.25) is 0 Å². The van der Waals surface area contributed by atoms with Gasteiger partial charge in [0.2, 0.25) is 11.6 Å². The van der Waals surface area contributed by atoms with Crippen LogP contribution in [0.3, 0.4) is 0 Å². The Hall–Kier alpha value is -3.34. The summed E-state index contributed by atoms with van der Waals surface area (Å²) in [5.74, 6) is 2.09. The van der Waals surface area contributed by atoms with Gasteiger partial charge in [-0.3, -0.25) is 0 Å². The lowest BCUT2D eigenvalue weighted by atomic mass is 9.99. The highest BCUT2D eigenvalue weighted by Crippen LogP contribution is 2.43. The third-order valence-electron chi connectivity index (χ3n) is 4.31. The van der Waals surface area contributed by atoms with Crippen LogP contribution in [-0.4, -0.2) is 23.7 Å². The van der Waals surface area contributed by atoms with Crippen LogP contribution >= 0.6 is 0 Å². The minimum Gasteiger partial charge on any atom is -0.497 e. The summed E-state index contributed by atoms with van der Waals surface area (Å²) in [6, 6.07) is 17.9. The Morgan fingerprint density at radius 1 is 0.926 bits per heavy atom. The number of nitrogens with zero attached hydrogens (tertiary/aromatic N) is 2. The van der Waals surface area contributed by atoms with Gasteiger partial charge in [0.25, 0.3) is 0 Å². The van der Waals surface area contributed by atoms with Gasteiger partial charge in [-0.25, -0.2) is 9.97 Å². The Morgan fingerprint density at radius 3 is 2.41 bits per heavy atom. The fourth-order valence-electron chi connectivity index (χ4n) is 3.04. The number of methoxy groups -OCH3 is 1. The van der Waals surface area contributed by atoms with Crippen molar-refractivity contribution in [2.45, 2.75) is 13.3 Å². The zero-order valence-corrected chi connectivity index (χ0v) is 15.3. The fourth-order valence-corrected chi connectivity index (χ4v) is 3.04. The topological polar surface area (TPSA) is 57.4 Å². The Labute approximate surface area is 157 Å². The van der Waals surface area contributed by atoms with E-state index in [4.69, 9.17) is 13.9 Å². The summed E-state index contributed by atoms with van der Waals surface area (Å²) in [6.07, 6.45) is 2.37. The molecule has 0 N–H and O–H groups in total. The molecule has 0 saturated carbocycles. The smallest absolute Gasteiger partial charge is 0.234 e. The molecule has 5 nitrogen and oxygen atoms in total. The van der Waals surface area contributed by atoms with Crippen molar-refractivity contribution in [3.8, 4) is 34.1 Å². The molecule has 0 aliphatic carbocycles. The number of ether oxygens (including phenoxy) is 2. The van der Waals surface area contributed by atoms with Crippen molar-refractivity contribution in [1.82, 2.24) is 9.97 Å². The van der Waals surface area contributed by atoms with E-state index in [1.54, 1.807) is 7.11 Å². The van der Waals surface area contributed by atoms with Gasteiger partial charge in [-0.1, -0.05) is 49.4 Å². The van der Waals surface area contributed by atoms with Crippen molar-refractivity contribution < 1.29 is 13.9 Å². The van der Waals surface area contributed by atoms with E-state index in [-0.39, 0.29) is 0 Å². The van der Waals surface area contributed by atoms with E-state index in [2.05, 4.69) is 16.9 Å². The molecule has 0 aliphatic heterocycles. The monoisotopic (exact) mass is 360 g/mol. The zero-order chi connectivity index (χ0) is 18.6. The fraction of sp³-hybridized carbons (Fsp3) is 0.182. The first-order valence-electron chi connectivity index (χ1n) is 8.92. The van der Waals surface area contributed by atoms with Crippen LogP contribution in [0, 0.1) is 0 Å². The lowest BCUT2D eigenvalue weighted by Gasteiger charge is -2.08. The van der Waals surface area contributed by atoms with Crippen molar-refractivity contribution in [3.63, 3.8) is 0 Å². The average Bonchev–Trinajstić information content (AvgIpc) is 3.13. The van der Waals surface area contributed by atoms with Crippen molar-refractivity contribution >= 4 is 11.1 Å². The van der Waals surface area contributed by atoms with E-state index in [9.17, 15) is 0 Å². The number of fused-ring (bicyclic) bond motifs is 1. The van der Waals surface area contributed by atoms with Crippen molar-refractivity contribution in [2.24, 2.45) is 0 Å². The maximum absolute atomic E-state index is 6.15. The first kappa shape index (κ1) is 17.1. The number of hydrogen-bond donors (Lipinski definition) is 0. The first-order chi connectivity index (χ1) is 13.3. The molecule has 2 heterocycles. The van der Waals surface area contributed by atoms with Gasteiger partial charge in [0.15, 0.2) is 0 Å². The Morgan fingerprint density at radius 2 is 1.70 bits per heavy atom. The van der Waals surface area contributed by atoms with E-state index in [0.29, 0.717) is 18.2 Å². The molecule has 4 rings (SSSR count). The number of rotatable bonds is 6. The third-order valence-corrected chi connectivity index (χ3v) is 4.31. The molecule has 0 atom stereocenters. The SMILES string of the molecule is CCCOc1ncnc2oc(-c3ccccc3)c(-c3ccc(OC)cc3)c12. The van der Waals surface area contributed by atoms with Crippen LogP contribution in [0.1, 0.15) is 13.3 Å². The van der Waals surface area contributed by atoms with E-state index >= 15 is 0 Å². The summed E-state index contributed by atoms with van der Waals surface area (Å²) >= 11 is 0. The third kappa shape index (κ3) is 3.24. The second-order valence-corrected chi connectivity index (χ2v) is 6.11. The highest BCUT2D eigenvalue weighted by Gasteiger charge is 2.22. The van der Waals surface area contributed by atoms with Crippen LogP contribution in [0.5, 0.6) is 11.6 Å². The molecule has 136 valence electrons. The molecule has 4 aromatic rings. The predicted octanol–water partition coefficient (Wildman–Crippen LogP) is 5.35. The standard InChI is InChI=1S/C22H20N2O3/c1-3-13-26-21-19-18(15-9-11-17(25-2)12-10-15)20(16-7-5-4-6-8-16)27-22(19)24-14-23-21/h4-12,14H,3,13H2,1-2H3. The normalized spacial score (nSPS) is 10.9. The molecule has 27 heavy (non-hydrogen) atoms. The molecular formula is C22H20N2O3. The van der Waals surface area contributed by atoms with Crippen molar-refractivity contribution in [2.75, 3.05) is 13.7 Å². The molecule has 5 heteroatoms. The molecule has 0 aliphatic rings. The number of aromatic nitrogens is 2. The van der Waals surface area contributed by atoms with Gasteiger partial charge >= 0.3 is 0 Å². The minimum atomic E-state index is 0.515. The largest absolute Gasteiger partial charge is 0.497 e. The highest BCUT2D eigenvalue weighted by atomic mass is 16.5.